The Bertz CT molecular complexity index is 989. The molecule has 0 aliphatic carbocycles. The van der Waals surface area contributed by atoms with Crippen LogP contribution in [0.4, 0.5) is 0 Å². The van der Waals surface area contributed by atoms with Gasteiger partial charge in [0.15, 0.2) is 10.8 Å². The van der Waals surface area contributed by atoms with Gasteiger partial charge in [0.1, 0.15) is 5.76 Å². The smallest absolute Gasteiger partial charge is 0.253 e. The molecule has 0 atom stereocenters. The SMILES string of the molecule is CCN(Cc1ccc(C(=O)N(C)C)cc1)C(=O)Cc1csc(-c2ccc(C)o2)n1. The third-order valence-corrected chi connectivity index (χ3v) is 5.46. The summed E-state index contributed by atoms with van der Waals surface area (Å²) >= 11 is 1.48. The van der Waals surface area contributed by atoms with Crippen molar-refractivity contribution in [1.82, 2.24) is 14.8 Å². The second kappa shape index (κ2) is 9.05. The number of aryl methyl sites for hydroxylation is 1. The largest absolute Gasteiger partial charge is 0.459 e. The first-order valence-corrected chi connectivity index (χ1v) is 10.3. The third kappa shape index (κ3) is 5.12. The number of carbonyl (C=O) groups is 2. The molecule has 2 heterocycles. The van der Waals surface area contributed by atoms with E-state index < -0.39 is 0 Å². The average Bonchev–Trinajstić information content (AvgIpc) is 3.34. The van der Waals surface area contributed by atoms with Gasteiger partial charge in [-0.2, -0.15) is 0 Å². The van der Waals surface area contributed by atoms with Crippen LogP contribution < -0.4 is 0 Å². The van der Waals surface area contributed by atoms with Gasteiger partial charge in [0.2, 0.25) is 5.91 Å². The molecule has 3 aromatic rings. The van der Waals surface area contributed by atoms with Gasteiger partial charge in [0.25, 0.3) is 5.91 Å². The Morgan fingerprint density at radius 3 is 2.41 bits per heavy atom. The van der Waals surface area contributed by atoms with E-state index in [0.29, 0.717) is 18.7 Å². The van der Waals surface area contributed by atoms with Crippen LogP contribution in [0.5, 0.6) is 0 Å². The van der Waals surface area contributed by atoms with Crippen molar-refractivity contribution < 1.29 is 14.0 Å². The quantitative estimate of drug-likeness (QED) is 0.589. The summed E-state index contributed by atoms with van der Waals surface area (Å²) < 4.78 is 5.60. The van der Waals surface area contributed by atoms with Crippen LogP contribution in [0, 0.1) is 6.92 Å². The summed E-state index contributed by atoms with van der Waals surface area (Å²) in [5.74, 6) is 1.55. The van der Waals surface area contributed by atoms with E-state index in [1.807, 2.05) is 43.5 Å². The number of rotatable bonds is 7. The fraction of sp³-hybridized carbons (Fsp3) is 0.318. The van der Waals surface area contributed by atoms with Gasteiger partial charge >= 0.3 is 0 Å². The number of carbonyl (C=O) groups excluding carboxylic acids is 2. The molecule has 29 heavy (non-hydrogen) atoms. The highest BCUT2D eigenvalue weighted by atomic mass is 32.1. The first kappa shape index (κ1) is 20.8. The van der Waals surface area contributed by atoms with Crippen LogP contribution in [-0.4, -0.2) is 47.2 Å². The lowest BCUT2D eigenvalue weighted by Crippen LogP contribution is -2.31. The summed E-state index contributed by atoms with van der Waals surface area (Å²) in [7, 11) is 3.45. The number of nitrogens with zero attached hydrogens (tertiary/aromatic N) is 3. The zero-order valence-corrected chi connectivity index (χ0v) is 18.0. The Morgan fingerprint density at radius 2 is 1.83 bits per heavy atom. The number of likely N-dealkylation sites (N-methyl/N-ethyl adjacent to an activating group) is 1. The zero-order chi connectivity index (χ0) is 21.0. The van der Waals surface area contributed by atoms with Crippen LogP contribution in [0.1, 0.15) is 34.3 Å². The highest BCUT2D eigenvalue weighted by molar-refractivity contribution is 7.13. The Hall–Kier alpha value is -2.93. The van der Waals surface area contributed by atoms with Crippen molar-refractivity contribution in [2.24, 2.45) is 0 Å². The second-order valence-corrected chi connectivity index (χ2v) is 7.89. The number of thiazole rings is 1. The van der Waals surface area contributed by atoms with Gasteiger partial charge in [-0.15, -0.1) is 11.3 Å². The van der Waals surface area contributed by atoms with Crippen molar-refractivity contribution in [2.75, 3.05) is 20.6 Å². The van der Waals surface area contributed by atoms with Crippen molar-refractivity contribution in [3.05, 3.63) is 64.4 Å². The standard InChI is InChI=1S/C22H25N3O3S/c1-5-25(13-16-7-9-17(10-8-16)22(27)24(3)4)20(26)12-18-14-29-21(23-18)19-11-6-15(2)28-19/h6-11,14H,5,12-13H2,1-4H3. The molecule has 2 amide bonds. The van der Waals surface area contributed by atoms with Gasteiger partial charge in [-0.25, -0.2) is 4.98 Å². The van der Waals surface area contributed by atoms with Gasteiger partial charge in [-0.1, -0.05) is 12.1 Å². The Labute approximate surface area is 174 Å². The van der Waals surface area contributed by atoms with Crippen LogP contribution in [0.2, 0.25) is 0 Å². The predicted molar refractivity (Wildman–Crippen MR) is 114 cm³/mol. The molecule has 0 spiro atoms. The van der Waals surface area contributed by atoms with Crippen LogP contribution in [0.15, 0.2) is 46.2 Å². The van der Waals surface area contributed by atoms with Crippen molar-refractivity contribution in [3.63, 3.8) is 0 Å². The number of furan rings is 1. The normalized spacial score (nSPS) is 10.8. The van der Waals surface area contributed by atoms with Gasteiger partial charge in [-0.3, -0.25) is 9.59 Å². The molecule has 0 unspecified atom stereocenters. The van der Waals surface area contributed by atoms with Gasteiger partial charge in [-0.05, 0) is 43.7 Å². The molecule has 0 bridgehead atoms. The number of amides is 2. The number of hydrogen-bond donors (Lipinski definition) is 0. The molecule has 0 aliphatic heterocycles. The van der Waals surface area contributed by atoms with Gasteiger partial charge < -0.3 is 14.2 Å². The molecule has 3 rings (SSSR count). The molecule has 1 aromatic carbocycles. The minimum atomic E-state index is -0.0361. The summed E-state index contributed by atoms with van der Waals surface area (Å²) in [4.78, 5) is 32.6. The molecule has 0 aliphatic rings. The predicted octanol–water partition coefficient (Wildman–Crippen LogP) is 4.00. The zero-order valence-electron chi connectivity index (χ0n) is 17.1. The van der Waals surface area contributed by atoms with E-state index in [0.717, 1.165) is 27.8 Å². The maximum Gasteiger partial charge on any atom is 0.253 e. The van der Waals surface area contributed by atoms with E-state index in [1.54, 1.807) is 36.0 Å². The minimum Gasteiger partial charge on any atom is -0.459 e. The molecule has 0 N–H and O–H groups in total. The molecule has 0 fully saturated rings. The lowest BCUT2D eigenvalue weighted by molar-refractivity contribution is -0.130. The molecular weight excluding hydrogens is 386 g/mol. The van der Waals surface area contributed by atoms with E-state index in [1.165, 1.54) is 11.3 Å². The van der Waals surface area contributed by atoms with Gasteiger partial charge in [0, 0.05) is 38.1 Å². The molecule has 152 valence electrons. The van der Waals surface area contributed by atoms with E-state index in [2.05, 4.69) is 4.98 Å². The van der Waals surface area contributed by atoms with E-state index >= 15 is 0 Å². The van der Waals surface area contributed by atoms with E-state index in [4.69, 9.17) is 4.42 Å². The fourth-order valence-electron chi connectivity index (χ4n) is 2.93. The number of hydrogen-bond acceptors (Lipinski definition) is 5. The topological polar surface area (TPSA) is 66.7 Å². The maximum absolute atomic E-state index is 12.8. The summed E-state index contributed by atoms with van der Waals surface area (Å²) in [6, 6.07) is 11.2. The molecular formula is C22H25N3O3S. The molecule has 0 radical (unpaired) electrons. The number of benzene rings is 1. The highest BCUT2D eigenvalue weighted by Crippen LogP contribution is 2.26. The molecule has 0 saturated heterocycles. The summed E-state index contributed by atoms with van der Waals surface area (Å²) in [6.07, 6.45) is 0.251. The molecule has 6 nitrogen and oxygen atoms in total. The van der Waals surface area contributed by atoms with E-state index in [-0.39, 0.29) is 18.2 Å². The van der Waals surface area contributed by atoms with Gasteiger partial charge in [0.05, 0.1) is 12.1 Å². The summed E-state index contributed by atoms with van der Waals surface area (Å²) in [5.41, 5.74) is 2.37. The lowest BCUT2D eigenvalue weighted by Gasteiger charge is -2.21. The molecule has 7 heteroatoms. The first-order valence-electron chi connectivity index (χ1n) is 9.47. The van der Waals surface area contributed by atoms with Crippen molar-refractivity contribution in [1.29, 1.82) is 0 Å². The Kier molecular flexibility index (Phi) is 6.49. The molecule has 0 saturated carbocycles. The Balaban J connectivity index is 1.63. The summed E-state index contributed by atoms with van der Waals surface area (Å²) in [5, 5.41) is 2.69. The van der Waals surface area contributed by atoms with Crippen LogP contribution in [0.25, 0.3) is 10.8 Å². The third-order valence-electron chi connectivity index (χ3n) is 4.55. The molecule has 2 aromatic heterocycles. The lowest BCUT2D eigenvalue weighted by atomic mass is 10.1. The maximum atomic E-state index is 12.8. The van der Waals surface area contributed by atoms with Crippen molar-refractivity contribution >= 4 is 23.2 Å². The van der Waals surface area contributed by atoms with Crippen LogP contribution in [0.3, 0.4) is 0 Å². The second-order valence-electron chi connectivity index (χ2n) is 7.04. The highest BCUT2D eigenvalue weighted by Gasteiger charge is 2.16. The Morgan fingerprint density at radius 1 is 1.10 bits per heavy atom. The van der Waals surface area contributed by atoms with Crippen molar-refractivity contribution in [3.8, 4) is 10.8 Å². The van der Waals surface area contributed by atoms with E-state index in [9.17, 15) is 9.59 Å². The van der Waals surface area contributed by atoms with Crippen molar-refractivity contribution in [2.45, 2.75) is 26.8 Å². The monoisotopic (exact) mass is 411 g/mol. The van der Waals surface area contributed by atoms with Crippen LogP contribution >= 0.6 is 11.3 Å². The minimum absolute atomic E-state index is 0.0217. The summed E-state index contributed by atoms with van der Waals surface area (Å²) in [6.45, 7) is 4.95. The fourth-order valence-corrected chi connectivity index (χ4v) is 3.70. The van der Waals surface area contributed by atoms with Crippen LogP contribution in [-0.2, 0) is 17.8 Å². The average molecular weight is 412 g/mol. The first-order chi connectivity index (χ1) is 13.9. The number of aromatic nitrogens is 1.